The summed E-state index contributed by atoms with van der Waals surface area (Å²) in [5.74, 6) is -7.41. The molecule has 0 saturated heterocycles. The number of ketones is 3. The number of oxazole rings is 1. The first-order valence-corrected chi connectivity index (χ1v) is 22.9. The third kappa shape index (κ3) is 13.2. The van der Waals surface area contributed by atoms with Gasteiger partial charge in [-0.15, -0.1) is 0 Å². The monoisotopic (exact) mass is 945 g/mol. The Morgan fingerprint density at radius 3 is 2.29 bits per heavy atom. The summed E-state index contributed by atoms with van der Waals surface area (Å²) in [6, 6.07) is -0.803. The maximum Gasteiger partial charge on any atom is 0.289 e. The lowest BCUT2D eigenvalue weighted by Crippen LogP contribution is -2.66. The molecule has 1 aliphatic rings. The van der Waals surface area contributed by atoms with Crippen molar-refractivity contribution in [3.8, 4) is 5.75 Å². The zero-order chi connectivity index (χ0) is 50.6. The molecule has 2 aromatic heterocycles. The van der Waals surface area contributed by atoms with E-state index in [-0.39, 0.29) is 67.7 Å². The van der Waals surface area contributed by atoms with Crippen molar-refractivity contribution >= 4 is 64.2 Å². The minimum atomic E-state index is -2.38. The van der Waals surface area contributed by atoms with Crippen LogP contribution in [0.25, 0.3) is 17.0 Å². The number of phenolic OH excluding ortho intramolecular Hbond substituents is 1. The van der Waals surface area contributed by atoms with Crippen molar-refractivity contribution in [2.75, 3.05) is 6.54 Å². The molecule has 1 aliphatic heterocycles. The number of nitrogens with zero attached hydrogens (tertiary/aromatic N) is 2. The van der Waals surface area contributed by atoms with E-state index in [0.717, 1.165) is 17.2 Å². The fourth-order valence-electron chi connectivity index (χ4n) is 8.01. The van der Waals surface area contributed by atoms with Gasteiger partial charge in [-0.25, -0.2) is 4.98 Å². The van der Waals surface area contributed by atoms with E-state index in [1.54, 1.807) is 33.0 Å². The second-order valence-corrected chi connectivity index (χ2v) is 18.4. The van der Waals surface area contributed by atoms with Crippen molar-refractivity contribution in [2.24, 2.45) is 40.9 Å². The molecule has 0 spiro atoms. The minimum absolute atomic E-state index is 0.0113. The number of rotatable bonds is 26. The standard InChI is InChI=1S/C48H67N9O11/c1-8-27(6)40(61)41(62)33-15-17-57(48(33,24-58)43(64)36(51)19-26(4)5)47(67)34(49)10-9-16-52-44(65)38(20-29-22-53-37-13-12-31(59)21-32(29)37)56-39(60)14-11-30-23-68-46(55-30)28(7)54-45(66)42(63)35(50)18-25(2)3/h11-15,17,21-28,33-36,38,40,53,59,61H,8-10,16,18-20,49-51H2,1-7H3,(H,52,65)(H,54,66)(H,56,60)/b14-11+/t27?,28?,33?,34-,35?,36-,38-,40?,48+/m0/s1. The van der Waals surface area contributed by atoms with Crippen LogP contribution in [0.5, 0.6) is 5.75 Å². The summed E-state index contributed by atoms with van der Waals surface area (Å²) in [6.07, 6.45) is 7.40. The molecule has 3 heterocycles. The van der Waals surface area contributed by atoms with Crippen LogP contribution >= 0.6 is 0 Å². The average molecular weight is 946 g/mol. The second kappa shape index (κ2) is 24.1. The van der Waals surface area contributed by atoms with E-state index >= 15 is 0 Å². The SMILES string of the molecule is CCC(C)C(O)C(=O)C1C=CN(C(=O)[C@@H](N)CCCNC(=O)[C@H](Cc2c[nH]c3ccc(O)cc23)NC(=O)/C=C/c2coc(C(C)NC(=O)C(=O)C(N)CC(C)C)n2)[C@@]1(C=O)C(=O)[C@@H](N)CC(C)C. The Bertz CT molecular complexity index is 2370. The number of hydrogen-bond donors (Lipinski definition) is 9. The quantitative estimate of drug-likeness (QED) is 0.0182. The van der Waals surface area contributed by atoms with Crippen LogP contribution in [0.3, 0.4) is 0 Å². The number of phenols is 1. The Balaban J connectivity index is 1.45. The zero-order valence-corrected chi connectivity index (χ0v) is 39.7. The van der Waals surface area contributed by atoms with Gasteiger partial charge in [0, 0.05) is 42.3 Å². The minimum Gasteiger partial charge on any atom is -0.508 e. The van der Waals surface area contributed by atoms with Gasteiger partial charge in [-0.1, -0.05) is 54.0 Å². The number of aliphatic hydroxyl groups is 1. The summed E-state index contributed by atoms with van der Waals surface area (Å²) in [4.78, 5) is 115. The number of H-pyrrole nitrogens is 1. The lowest BCUT2D eigenvalue weighted by molar-refractivity contribution is -0.153. The number of aromatic hydroxyl groups is 1. The second-order valence-electron chi connectivity index (χ2n) is 18.4. The van der Waals surface area contributed by atoms with Crippen molar-refractivity contribution in [1.29, 1.82) is 0 Å². The summed E-state index contributed by atoms with van der Waals surface area (Å²) in [7, 11) is 0. The highest BCUT2D eigenvalue weighted by atomic mass is 16.3. The van der Waals surface area contributed by atoms with Crippen LogP contribution in [-0.4, -0.2) is 115 Å². The van der Waals surface area contributed by atoms with E-state index in [1.165, 1.54) is 30.5 Å². The highest BCUT2D eigenvalue weighted by molar-refractivity contribution is 6.38. The number of hydrogen-bond acceptors (Lipinski definition) is 15. The van der Waals surface area contributed by atoms with Crippen molar-refractivity contribution < 1.29 is 53.0 Å². The fraction of sp³-hybridized carbons (Fsp3) is 0.521. The first kappa shape index (κ1) is 54.3. The van der Waals surface area contributed by atoms with Crippen LogP contribution in [0.2, 0.25) is 0 Å². The summed E-state index contributed by atoms with van der Waals surface area (Å²) < 4.78 is 5.47. The molecule has 68 heavy (non-hydrogen) atoms. The lowest BCUT2D eigenvalue weighted by atomic mass is 9.74. The van der Waals surface area contributed by atoms with Gasteiger partial charge in [0.2, 0.25) is 29.4 Å². The van der Waals surface area contributed by atoms with Gasteiger partial charge in [-0.2, -0.15) is 0 Å². The topological polar surface area (TPSA) is 336 Å². The van der Waals surface area contributed by atoms with Gasteiger partial charge < -0.3 is 57.6 Å². The number of nitrogens with one attached hydrogen (secondary N) is 4. The summed E-state index contributed by atoms with van der Waals surface area (Å²) in [6.45, 7) is 12.4. The molecule has 0 bridgehead atoms. The van der Waals surface area contributed by atoms with Gasteiger partial charge in [0.05, 0.1) is 24.0 Å². The molecule has 3 aromatic rings. The molecule has 4 amide bonds. The summed E-state index contributed by atoms with van der Waals surface area (Å²) in [5, 5.41) is 29.6. The third-order valence-electron chi connectivity index (χ3n) is 12.0. The first-order chi connectivity index (χ1) is 32.0. The Morgan fingerprint density at radius 2 is 1.65 bits per heavy atom. The molecule has 0 fully saturated rings. The van der Waals surface area contributed by atoms with Crippen LogP contribution in [0.1, 0.15) is 104 Å². The average Bonchev–Trinajstić information content (AvgIpc) is 4.05. The van der Waals surface area contributed by atoms with Crippen molar-refractivity contribution in [1.82, 2.24) is 30.8 Å². The van der Waals surface area contributed by atoms with E-state index in [4.69, 9.17) is 21.6 Å². The number of Topliss-reactive ketones (excluding diaryl/α,β-unsaturated/α-hetero) is 3. The Morgan fingerprint density at radius 1 is 0.971 bits per heavy atom. The molecule has 5 unspecified atom stereocenters. The molecular formula is C48H67N9O11. The van der Waals surface area contributed by atoms with Gasteiger partial charge in [-0.05, 0) is 80.2 Å². The molecule has 0 saturated carbocycles. The normalized spacial score (nSPS) is 19.1. The van der Waals surface area contributed by atoms with E-state index in [9.17, 15) is 48.6 Å². The van der Waals surface area contributed by atoms with Crippen LogP contribution < -0.4 is 33.2 Å². The highest BCUT2D eigenvalue weighted by Crippen LogP contribution is 2.37. The zero-order valence-electron chi connectivity index (χ0n) is 39.7. The largest absolute Gasteiger partial charge is 0.508 e. The van der Waals surface area contributed by atoms with Crippen molar-refractivity contribution in [3.05, 3.63) is 66.2 Å². The number of aliphatic hydroxyl groups excluding tert-OH is 1. The Kier molecular flexibility index (Phi) is 19.2. The van der Waals surface area contributed by atoms with E-state index in [0.29, 0.717) is 29.3 Å². The number of carbonyl (C=O) groups excluding carboxylic acids is 8. The fourth-order valence-corrected chi connectivity index (χ4v) is 8.01. The number of fused-ring (bicyclic) bond motifs is 1. The van der Waals surface area contributed by atoms with Gasteiger partial charge in [0.25, 0.3) is 5.91 Å². The number of aldehydes is 1. The Labute approximate surface area is 395 Å². The van der Waals surface area contributed by atoms with Crippen LogP contribution in [-0.2, 0) is 44.8 Å². The molecule has 0 aliphatic carbocycles. The molecule has 4 rings (SSSR count). The maximum atomic E-state index is 14.1. The molecule has 20 nitrogen and oxygen atoms in total. The molecule has 1 aromatic carbocycles. The number of aromatic amines is 1. The van der Waals surface area contributed by atoms with Crippen LogP contribution in [0, 0.1) is 23.7 Å². The Hall–Kier alpha value is -6.35. The predicted octanol–water partition coefficient (Wildman–Crippen LogP) is 1.77. The van der Waals surface area contributed by atoms with Crippen molar-refractivity contribution in [2.45, 2.75) is 129 Å². The number of benzene rings is 1. The third-order valence-corrected chi connectivity index (χ3v) is 12.0. The van der Waals surface area contributed by atoms with Gasteiger partial charge in [0.1, 0.15) is 35.9 Å². The number of amides is 4. The highest BCUT2D eigenvalue weighted by Gasteiger charge is 2.59. The molecular weight excluding hydrogens is 879 g/mol. The van der Waals surface area contributed by atoms with Gasteiger partial charge in [-0.3, -0.25) is 38.5 Å². The number of carbonyl (C=O) groups is 8. The first-order valence-electron chi connectivity index (χ1n) is 22.9. The molecule has 9 atom stereocenters. The van der Waals surface area contributed by atoms with E-state index < -0.39 is 94.7 Å². The van der Waals surface area contributed by atoms with Crippen LogP contribution in [0.4, 0.5) is 0 Å². The molecule has 370 valence electrons. The smallest absolute Gasteiger partial charge is 0.289 e. The molecule has 12 N–H and O–H groups in total. The lowest BCUT2D eigenvalue weighted by Gasteiger charge is -2.39. The molecule has 0 radical (unpaired) electrons. The molecule has 20 heteroatoms. The van der Waals surface area contributed by atoms with Gasteiger partial charge in [0.15, 0.2) is 23.4 Å². The maximum absolute atomic E-state index is 14.1. The number of nitrogens with two attached hydrogens (primary N) is 3. The summed E-state index contributed by atoms with van der Waals surface area (Å²) in [5.41, 5.74) is 17.6. The predicted molar refractivity (Wildman–Crippen MR) is 252 cm³/mol. The summed E-state index contributed by atoms with van der Waals surface area (Å²) >= 11 is 0. The number of aromatic nitrogens is 2. The van der Waals surface area contributed by atoms with Gasteiger partial charge >= 0.3 is 0 Å². The van der Waals surface area contributed by atoms with Crippen molar-refractivity contribution in [3.63, 3.8) is 0 Å². The van der Waals surface area contributed by atoms with E-state index in [1.807, 2.05) is 27.7 Å². The van der Waals surface area contributed by atoms with E-state index in [2.05, 4.69) is 25.9 Å². The van der Waals surface area contributed by atoms with Crippen LogP contribution in [0.15, 0.2) is 53.4 Å².